The summed E-state index contributed by atoms with van der Waals surface area (Å²) in [5, 5.41) is 9.19. The molecule has 0 fully saturated rings. The molecular formula is C6H15NO2S. The van der Waals surface area contributed by atoms with Crippen LogP contribution in [-0.2, 0) is 11.0 Å². The lowest BCUT2D eigenvalue weighted by molar-refractivity contribution is 0.0729. The van der Waals surface area contributed by atoms with E-state index in [2.05, 4.69) is 4.72 Å². The summed E-state index contributed by atoms with van der Waals surface area (Å²) in [6.45, 7) is 4.05. The zero-order chi connectivity index (χ0) is 8.20. The summed E-state index contributed by atoms with van der Waals surface area (Å²) in [7, 11) is -0.961. The van der Waals surface area contributed by atoms with Gasteiger partial charge in [0.2, 0.25) is 0 Å². The molecule has 2 N–H and O–H groups in total. The molecule has 0 amide bonds. The smallest absolute Gasteiger partial charge is 0.0883 e. The molecule has 0 aromatic carbocycles. The molecule has 0 aliphatic carbocycles. The van der Waals surface area contributed by atoms with Gasteiger partial charge < -0.3 is 5.11 Å². The van der Waals surface area contributed by atoms with E-state index in [0.29, 0.717) is 13.0 Å². The fourth-order valence-corrected chi connectivity index (χ4v) is 0.890. The van der Waals surface area contributed by atoms with E-state index in [1.165, 1.54) is 0 Å². The molecule has 0 aromatic heterocycles. The molecule has 0 aliphatic heterocycles. The predicted octanol–water partition coefficient (Wildman–Crippen LogP) is 0.0305. The number of aliphatic hydroxyl groups is 1. The van der Waals surface area contributed by atoms with E-state index in [1.807, 2.05) is 0 Å². The van der Waals surface area contributed by atoms with E-state index in [4.69, 9.17) is 0 Å². The van der Waals surface area contributed by atoms with Gasteiger partial charge in [0.05, 0.1) is 16.6 Å². The summed E-state index contributed by atoms with van der Waals surface area (Å²) < 4.78 is 13.2. The molecule has 0 aromatic rings. The number of rotatable bonds is 4. The van der Waals surface area contributed by atoms with Crippen molar-refractivity contribution < 1.29 is 9.32 Å². The normalized spacial score (nSPS) is 15.2. The van der Waals surface area contributed by atoms with Gasteiger partial charge in [-0.2, -0.15) is 0 Å². The SMILES string of the molecule is CS(=O)NCCC(C)(C)O. The largest absolute Gasteiger partial charge is 0.390 e. The third kappa shape index (κ3) is 8.07. The van der Waals surface area contributed by atoms with Gasteiger partial charge in [-0.3, -0.25) is 0 Å². The number of hydrogen-bond donors (Lipinski definition) is 2. The highest BCUT2D eigenvalue weighted by Gasteiger charge is 2.10. The third-order valence-electron chi connectivity index (χ3n) is 1.04. The van der Waals surface area contributed by atoms with Crippen molar-refractivity contribution in [1.82, 2.24) is 4.72 Å². The van der Waals surface area contributed by atoms with Gasteiger partial charge in [-0.25, -0.2) is 8.93 Å². The maximum Gasteiger partial charge on any atom is 0.0883 e. The Bertz CT molecular complexity index is 119. The minimum atomic E-state index is -0.961. The van der Waals surface area contributed by atoms with Crippen molar-refractivity contribution >= 4 is 11.0 Å². The van der Waals surface area contributed by atoms with E-state index in [1.54, 1.807) is 20.1 Å². The number of nitrogens with one attached hydrogen (secondary N) is 1. The molecule has 0 heterocycles. The molecule has 0 bridgehead atoms. The summed E-state index contributed by atoms with van der Waals surface area (Å²) in [5.41, 5.74) is -0.660. The van der Waals surface area contributed by atoms with Crippen LogP contribution in [-0.4, -0.2) is 27.7 Å². The van der Waals surface area contributed by atoms with Crippen LogP contribution in [0.4, 0.5) is 0 Å². The molecular weight excluding hydrogens is 150 g/mol. The van der Waals surface area contributed by atoms with Crippen LogP contribution in [0.15, 0.2) is 0 Å². The second-order valence-corrected chi connectivity index (χ2v) is 4.11. The van der Waals surface area contributed by atoms with Gasteiger partial charge in [-0.15, -0.1) is 0 Å². The van der Waals surface area contributed by atoms with Crippen molar-refractivity contribution in [3.63, 3.8) is 0 Å². The van der Waals surface area contributed by atoms with E-state index in [-0.39, 0.29) is 0 Å². The van der Waals surface area contributed by atoms with Gasteiger partial charge in [0.25, 0.3) is 0 Å². The molecule has 62 valence electrons. The van der Waals surface area contributed by atoms with Crippen molar-refractivity contribution in [3.8, 4) is 0 Å². The minimum Gasteiger partial charge on any atom is -0.390 e. The first-order chi connectivity index (χ1) is 4.42. The van der Waals surface area contributed by atoms with Crippen LogP contribution in [0, 0.1) is 0 Å². The molecule has 0 spiro atoms. The first kappa shape index (κ1) is 10.1. The second kappa shape index (κ2) is 4.05. The quantitative estimate of drug-likeness (QED) is 0.617. The van der Waals surface area contributed by atoms with E-state index >= 15 is 0 Å². The van der Waals surface area contributed by atoms with Crippen molar-refractivity contribution in [2.75, 3.05) is 12.8 Å². The molecule has 1 atom stereocenters. The Morgan fingerprint density at radius 1 is 1.60 bits per heavy atom. The lowest BCUT2D eigenvalue weighted by atomic mass is 10.1. The summed E-state index contributed by atoms with van der Waals surface area (Å²) >= 11 is 0. The maximum atomic E-state index is 10.4. The van der Waals surface area contributed by atoms with E-state index < -0.39 is 16.6 Å². The average molecular weight is 165 g/mol. The fourth-order valence-electron chi connectivity index (χ4n) is 0.501. The third-order valence-corrected chi connectivity index (χ3v) is 1.65. The van der Waals surface area contributed by atoms with Crippen LogP contribution < -0.4 is 4.72 Å². The average Bonchev–Trinajstić information content (AvgIpc) is 1.59. The van der Waals surface area contributed by atoms with Gasteiger partial charge in [-0.05, 0) is 20.3 Å². The molecule has 0 saturated carbocycles. The molecule has 4 heteroatoms. The molecule has 1 unspecified atom stereocenters. The maximum absolute atomic E-state index is 10.4. The highest BCUT2D eigenvalue weighted by Crippen LogP contribution is 2.04. The Morgan fingerprint density at radius 3 is 2.40 bits per heavy atom. The van der Waals surface area contributed by atoms with Crippen LogP contribution in [0.5, 0.6) is 0 Å². The zero-order valence-corrected chi connectivity index (χ0v) is 7.49. The zero-order valence-electron chi connectivity index (χ0n) is 6.68. The van der Waals surface area contributed by atoms with Crippen LogP contribution in [0.25, 0.3) is 0 Å². The molecule has 0 aliphatic rings. The number of hydrogen-bond acceptors (Lipinski definition) is 2. The molecule has 10 heavy (non-hydrogen) atoms. The van der Waals surface area contributed by atoms with Crippen LogP contribution in [0.3, 0.4) is 0 Å². The summed E-state index contributed by atoms with van der Waals surface area (Å²) in [5.74, 6) is 0. The Kier molecular flexibility index (Phi) is 4.08. The van der Waals surface area contributed by atoms with Gasteiger partial charge in [0.1, 0.15) is 0 Å². The lowest BCUT2D eigenvalue weighted by Crippen LogP contribution is -2.27. The van der Waals surface area contributed by atoms with Gasteiger partial charge in [0.15, 0.2) is 0 Å². The highest BCUT2D eigenvalue weighted by molar-refractivity contribution is 7.82. The van der Waals surface area contributed by atoms with Gasteiger partial charge in [0, 0.05) is 12.8 Å². The van der Waals surface area contributed by atoms with Crippen LogP contribution in [0.2, 0.25) is 0 Å². The molecule has 0 saturated heterocycles. The molecule has 0 radical (unpaired) electrons. The van der Waals surface area contributed by atoms with Gasteiger partial charge >= 0.3 is 0 Å². The topological polar surface area (TPSA) is 49.3 Å². The van der Waals surface area contributed by atoms with E-state index in [9.17, 15) is 9.32 Å². The minimum absolute atomic E-state index is 0.590. The second-order valence-electron chi connectivity index (χ2n) is 2.91. The van der Waals surface area contributed by atoms with Crippen molar-refractivity contribution in [2.45, 2.75) is 25.9 Å². The van der Waals surface area contributed by atoms with Crippen LogP contribution in [0.1, 0.15) is 20.3 Å². The fraction of sp³-hybridized carbons (Fsp3) is 1.00. The Labute approximate surface area is 64.4 Å². The lowest BCUT2D eigenvalue weighted by Gasteiger charge is -2.15. The highest BCUT2D eigenvalue weighted by atomic mass is 32.2. The summed E-state index contributed by atoms with van der Waals surface area (Å²) in [4.78, 5) is 0. The predicted molar refractivity (Wildman–Crippen MR) is 43.0 cm³/mol. The van der Waals surface area contributed by atoms with Crippen LogP contribution >= 0.6 is 0 Å². The molecule has 3 nitrogen and oxygen atoms in total. The van der Waals surface area contributed by atoms with Crippen molar-refractivity contribution in [3.05, 3.63) is 0 Å². The Morgan fingerprint density at radius 2 is 2.10 bits per heavy atom. The first-order valence-electron chi connectivity index (χ1n) is 3.21. The standard InChI is InChI=1S/C6H15NO2S/c1-6(2,8)4-5-7-10(3)9/h7-8H,4-5H2,1-3H3. The summed E-state index contributed by atoms with van der Waals surface area (Å²) in [6.07, 6.45) is 2.19. The first-order valence-corrected chi connectivity index (χ1v) is 4.77. The van der Waals surface area contributed by atoms with Crippen molar-refractivity contribution in [2.24, 2.45) is 0 Å². The summed E-state index contributed by atoms with van der Waals surface area (Å²) in [6, 6.07) is 0. The van der Waals surface area contributed by atoms with Gasteiger partial charge in [-0.1, -0.05) is 0 Å². The monoisotopic (exact) mass is 165 g/mol. The Balaban J connectivity index is 3.29. The molecule has 0 rings (SSSR count). The van der Waals surface area contributed by atoms with Crippen molar-refractivity contribution in [1.29, 1.82) is 0 Å². The van der Waals surface area contributed by atoms with E-state index in [0.717, 1.165) is 0 Å². The Hall–Kier alpha value is 0.0700.